The van der Waals surface area contributed by atoms with Gasteiger partial charge >= 0.3 is 6.09 Å². The Morgan fingerprint density at radius 2 is 1.94 bits per heavy atom. The Kier molecular flexibility index (Phi) is 5.57. The van der Waals surface area contributed by atoms with Crippen molar-refractivity contribution in [2.75, 3.05) is 13.1 Å². The molecule has 0 spiro atoms. The number of hydrogen-bond donors (Lipinski definition) is 0. The number of amides is 1. The summed E-state index contributed by atoms with van der Waals surface area (Å²) in [5.41, 5.74) is 0.891. The molecule has 170 valence electrons. The first kappa shape index (κ1) is 22.4. The van der Waals surface area contributed by atoms with E-state index in [4.69, 9.17) is 25.8 Å². The van der Waals surface area contributed by atoms with Crippen molar-refractivity contribution in [1.29, 1.82) is 0 Å². The zero-order valence-corrected chi connectivity index (χ0v) is 19.1. The monoisotopic (exact) mass is 463 g/mol. The highest BCUT2D eigenvalue weighted by atomic mass is 35.5. The Hall–Kier alpha value is -2.80. The van der Waals surface area contributed by atoms with Crippen molar-refractivity contribution in [2.45, 2.75) is 45.5 Å². The molecule has 0 aliphatic carbocycles. The molecule has 0 N–H and O–H groups in total. The molecule has 1 atom stereocenters. The molecule has 0 bridgehead atoms. The third kappa shape index (κ3) is 4.39. The van der Waals surface area contributed by atoms with Crippen LogP contribution in [0.4, 0.5) is 13.6 Å². The second-order valence-electron chi connectivity index (χ2n) is 8.96. The van der Waals surface area contributed by atoms with Crippen LogP contribution in [-0.2, 0) is 10.5 Å². The SMILES string of the molecule is CC(C)(C)OC(=O)N1CC=C(c2cc(F)cc3c2OC(C)(c2ccc(Cl)cc2F)O3)CC1. The second kappa shape index (κ2) is 7.96. The van der Waals surface area contributed by atoms with Gasteiger partial charge < -0.3 is 19.1 Å². The molecule has 2 aliphatic rings. The van der Waals surface area contributed by atoms with Crippen LogP contribution in [0.25, 0.3) is 5.57 Å². The zero-order valence-electron chi connectivity index (χ0n) is 18.3. The number of halogens is 3. The number of carbonyl (C=O) groups excluding carboxylic acids is 1. The molecule has 5 nitrogen and oxygen atoms in total. The molecule has 0 saturated heterocycles. The molecule has 8 heteroatoms. The highest BCUT2D eigenvalue weighted by molar-refractivity contribution is 6.30. The molecule has 1 unspecified atom stereocenters. The van der Waals surface area contributed by atoms with Crippen LogP contribution in [0.2, 0.25) is 5.02 Å². The molecule has 0 aromatic heterocycles. The highest BCUT2D eigenvalue weighted by Crippen LogP contribution is 2.49. The van der Waals surface area contributed by atoms with Gasteiger partial charge in [-0.15, -0.1) is 0 Å². The maximum absolute atomic E-state index is 14.6. The van der Waals surface area contributed by atoms with E-state index in [1.54, 1.807) is 11.8 Å². The molecule has 2 aromatic rings. The van der Waals surface area contributed by atoms with Gasteiger partial charge in [-0.05, 0) is 57.0 Å². The number of benzene rings is 2. The molecule has 1 amide bonds. The first-order valence-electron chi connectivity index (χ1n) is 10.3. The molecule has 2 aliphatic heterocycles. The predicted octanol–water partition coefficient (Wildman–Crippen LogP) is 6.29. The van der Waals surface area contributed by atoms with Crippen molar-refractivity contribution in [1.82, 2.24) is 4.90 Å². The minimum absolute atomic E-state index is 0.151. The van der Waals surface area contributed by atoms with Gasteiger partial charge in [-0.1, -0.05) is 17.7 Å². The topological polar surface area (TPSA) is 48.0 Å². The quantitative estimate of drug-likeness (QED) is 0.525. The minimum atomic E-state index is -1.47. The molecule has 2 heterocycles. The highest BCUT2D eigenvalue weighted by Gasteiger charge is 2.43. The van der Waals surface area contributed by atoms with E-state index in [1.807, 2.05) is 26.8 Å². The molecule has 0 radical (unpaired) electrons. The molecule has 2 aromatic carbocycles. The summed E-state index contributed by atoms with van der Waals surface area (Å²) in [6, 6.07) is 6.78. The lowest BCUT2D eigenvalue weighted by atomic mass is 9.98. The first-order chi connectivity index (χ1) is 14.9. The normalized spacial score (nSPS) is 20.2. The molecule has 0 saturated carbocycles. The Morgan fingerprint density at radius 3 is 2.56 bits per heavy atom. The molecular formula is C24H24ClF2NO4. The lowest BCUT2D eigenvalue weighted by molar-refractivity contribution is -0.0708. The summed E-state index contributed by atoms with van der Waals surface area (Å²) in [6.45, 7) is 7.73. The summed E-state index contributed by atoms with van der Waals surface area (Å²) < 4.78 is 46.3. The second-order valence-corrected chi connectivity index (χ2v) is 9.40. The molecule has 4 rings (SSSR count). The maximum Gasteiger partial charge on any atom is 0.410 e. The summed E-state index contributed by atoms with van der Waals surface area (Å²) in [7, 11) is 0. The fourth-order valence-corrected chi connectivity index (χ4v) is 3.95. The van der Waals surface area contributed by atoms with Gasteiger partial charge in [0.1, 0.15) is 17.2 Å². The van der Waals surface area contributed by atoms with Crippen molar-refractivity contribution < 1.29 is 27.8 Å². The first-order valence-corrected chi connectivity index (χ1v) is 10.7. The van der Waals surface area contributed by atoms with Crippen LogP contribution in [0.5, 0.6) is 11.5 Å². The number of fused-ring (bicyclic) bond motifs is 1. The van der Waals surface area contributed by atoms with E-state index >= 15 is 0 Å². The largest absolute Gasteiger partial charge is 0.444 e. The Bertz CT molecular complexity index is 1110. The van der Waals surface area contributed by atoms with Crippen LogP contribution in [0.1, 0.15) is 45.2 Å². The summed E-state index contributed by atoms with van der Waals surface area (Å²) in [5.74, 6) is -2.04. The van der Waals surface area contributed by atoms with E-state index in [9.17, 15) is 13.6 Å². The van der Waals surface area contributed by atoms with E-state index in [-0.39, 0.29) is 16.3 Å². The van der Waals surface area contributed by atoms with Crippen molar-refractivity contribution >= 4 is 23.3 Å². The van der Waals surface area contributed by atoms with Gasteiger partial charge in [0.2, 0.25) is 0 Å². The summed E-state index contributed by atoms with van der Waals surface area (Å²) in [6.07, 6.45) is 1.91. The van der Waals surface area contributed by atoms with E-state index in [1.165, 1.54) is 30.3 Å². The number of hydrogen-bond acceptors (Lipinski definition) is 4. The van der Waals surface area contributed by atoms with Crippen molar-refractivity contribution in [3.05, 3.63) is 64.2 Å². The summed E-state index contributed by atoms with van der Waals surface area (Å²) in [4.78, 5) is 13.9. The standard InChI is InChI=1S/C24H24ClF2NO4/c1-23(2,3)32-22(29)28-9-7-14(8-10-28)17-12-16(26)13-20-21(17)31-24(4,30-20)18-6-5-15(25)11-19(18)27/h5-7,11-13H,8-10H2,1-4H3. The average Bonchev–Trinajstić information content (AvgIpc) is 3.02. The zero-order chi connectivity index (χ0) is 23.3. The lowest BCUT2D eigenvalue weighted by Crippen LogP contribution is -2.39. The molecule has 0 fully saturated rings. The van der Waals surface area contributed by atoms with E-state index in [0.29, 0.717) is 30.8 Å². The van der Waals surface area contributed by atoms with Crippen molar-refractivity contribution in [2.24, 2.45) is 0 Å². The smallest absolute Gasteiger partial charge is 0.410 e. The minimum Gasteiger partial charge on any atom is -0.444 e. The lowest BCUT2D eigenvalue weighted by Gasteiger charge is -2.30. The van der Waals surface area contributed by atoms with E-state index in [2.05, 4.69) is 0 Å². The van der Waals surface area contributed by atoms with Crippen LogP contribution in [0.15, 0.2) is 36.4 Å². The van der Waals surface area contributed by atoms with Crippen LogP contribution < -0.4 is 9.47 Å². The number of carbonyl (C=O) groups is 1. The van der Waals surface area contributed by atoms with Gasteiger partial charge in [-0.2, -0.15) is 0 Å². The Morgan fingerprint density at radius 1 is 1.19 bits per heavy atom. The van der Waals surface area contributed by atoms with Gasteiger partial charge in [0, 0.05) is 36.7 Å². The van der Waals surface area contributed by atoms with Gasteiger partial charge in [0.25, 0.3) is 5.79 Å². The van der Waals surface area contributed by atoms with Crippen LogP contribution in [-0.4, -0.2) is 29.7 Å². The Labute approximate surface area is 190 Å². The van der Waals surface area contributed by atoms with Gasteiger partial charge in [0.15, 0.2) is 11.5 Å². The maximum atomic E-state index is 14.6. The third-order valence-electron chi connectivity index (χ3n) is 5.25. The van der Waals surface area contributed by atoms with Crippen molar-refractivity contribution in [3.63, 3.8) is 0 Å². The van der Waals surface area contributed by atoms with Gasteiger partial charge in [-0.25, -0.2) is 13.6 Å². The van der Waals surface area contributed by atoms with Crippen molar-refractivity contribution in [3.8, 4) is 11.5 Å². The van der Waals surface area contributed by atoms with Crippen LogP contribution in [0, 0.1) is 11.6 Å². The number of ether oxygens (including phenoxy) is 3. The third-order valence-corrected chi connectivity index (χ3v) is 5.48. The van der Waals surface area contributed by atoms with E-state index in [0.717, 1.165) is 5.57 Å². The number of rotatable bonds is 2. The molecule has 32 heavy (non-hydrogen) atoms. The Balaban J connectivity index is 1.61. The van der Waals surface area contributed by atoms with Gasteiger partial charge in [-0.3, -0.25) is 0 Å². The van der Waals surface area contributed by atoms with E-state index < -0.39 is 29.1 Å². The molecular weight excluding hydrogens is 440 g/mol. The summed E-state index contributed by atoms with van der Waals surface area (Å²) in [5, 5.41) is 0.249. The number of nitrogens with zero attached hydrogens (tertiary/aromatic N) is 1. The summed E-state index contributed by atoms with van der Waals surface area (Å²) >= 11 is 5.86. The average molecular weight is 464 g/mol. The van der Waals surface area contributed by atoms with Crippen LogP contribution >= 0.6 is 11.6 Å². The van der Waals surface area contributed by atoms with Crippen LogP contribution in [0.3, 0.4) is 0 Å². The fraction of sp³-hybridized carbons (Fsp3) is 0.375. The predicted molar refractivity (Wildman–Crippen MR) is 117 cm³/mol. The van der Waals surface area contributed by atoms with Gasteiger partial charge in [0.05, 0.1) is 5.56 Å². The fourth-order valence-electron chi connectivity index (χ4n) is 3.79.